The molecule has 0 aliphatic heterocycles. The molecule has 11 heavy (non-hydrogen) atoms. The average Bonchev–Trinajstić information content (AvgIpc) is 2.08. The number of rotatable bonds is 1. The van der Waals surface area contributed by atoms with Crippen LogP contribution in [-0.2, 0) is 6.54 Å². The summed E-state index contributed by atoms with van der Waals surface area (Å²) in [5.41, 5.74) is 6.54. The molecule has 0 aliphatic carbocycles. The highest BCUT2D eigenvalue weighted by atomic mass is 19.3. The number of halogens is 2. The van der Waals surface area contributed by atoms with Crippen LogP contribution in [0.5, 0.6) is 0 Å². The predicted octanol–water partition coefficient (Wildman–Crippen LogP) is 2.03. The molecule has 0 amide bonds. The highest BCUT2D eigenvalue weighted by Gasteiger charge is 1.80. The highest BCUT2D eigenvalue weighted by Crippen LogP contribution is 1.94. The van der Waals surface area contributed by atoms with Crippen molar-refractivity contribution in [2.45, 2.75) is 6.54 Å². The summed E-state index contributed by atoms with van der Waals surface area (Å²) in [5, 5.41) is 0. The Balaban J connectivity index is 0.000000292. The molecule has 1 rings (SSSR count). The lowest BCUT2D eigenvalue weighted by Crippen LogP contribution is -1.94. The Morgan fingerprint density at radius 2 is 1.55 bits per heavy atom. The molecule has 0 fully saturated rings. The molecule has 0 saturated carbocycles. The molecule has 1 nitrogen and oxygen atoms in total. The van der Waals surface area contributed by atoms with Crippen molar-refractivity contribution in [1.29, 1.82) is 0 Å². The van der Waals surface area contributed by atoms with Crippen LogP contribution in [0.1, 0.15) is 5.56 Å². The zero-order valence-electron chi connectivity index (χ0n) is 6.13. The van der Waals surface area contributed by atoms with E-state index >= 15 is 0 Å². The van der Waals surface area contributed by atoms with Crippen LogP contribution in [0.15, 0.2) is 30.3 Å². The molecule has 1 aromatic carbocycles. The van der Waals surface area contributed by atoms with E-state index in [1.807, 2.05) is 30.3 Å². The molecular formula is C8H11F2N. The highest BCUT2D eigenvalue weighted by molar-refractivity contribution is 5.13. The fourth-order valence-electron chi connectivity index (χ4n) is 0.614. The number of nitrogens with two attached hydrogens (primary N) is 1. The zero-order valence-corrected chi connectivity index (χ0v) is 6.13. The molecule has 0 unspecified atom stereocenters. The molecule has 1 aromatic rings. The Hall–Kier alpha value is -0.960. The third kappa shape index (κ3) is 5.48. The monoisotopic (exact) mass is 159 g/mol. The topological polar surface area (TPSA) is 26.0 Å². The van der Waals surface area contributed by atoms with E-state index in [-0.39, 0.29) is 0 Å². The Bertz CT molecular complexity index is 165. The van der Waals surface area contributed by atoms with E-state index in [0.717, 1.165) is 0 Å². The van der Waals surface area contributed by atoms with E-state index in [1.165, 1.54) is 5.56 Å². The molecular weight excluding hydrogens is 148 g/mol. The SMILES string of the molecule is FCF.NCc1ccccc1. The van der Waals surface area contributed by atoms with Crippen LogP contribution in [0.3, 0.4) is 0 Å². The first-order valence-corrected chi connectivity index (χ1v) is 3.21. The predicted molar refractivity (Wildman–Crippen MR) is 41.4 cm³/mol. The number of alkyl halides is 2. The lowest BCUT2D eigenvalue weighted by molar-refractivity contribution is 0.295. The van der Waals surface area contributed by atoms with Crippen molar-refractivity contribution in [3.8, 4) is 0 Å². The van der Waals surface area contributed by atoms with Gasteiger partial charge in [0.05, 0.1) is 0 Å². The smallest absolute Gasteiger partial charge is 0.229 e. The normalized spacial score (nSPS) is 8.27. The summed E-state index contributed by atoms with van der Waals surface area (Å²) in [6, 6.07) is 9.99. The maximum absolute atomic E-state index is 9.62. The summed E-state index contributed by atoms with van der Waals surface area (Å²) in [6.07, 6.45) is 0. The standard InChI is InChI=1S/C7H9N.CH2F2/c8-6-7-4-2-1-3-5-7;2-1-3/h1-5H,6,8H2;1H2. The second-order valence-corrected chi connectivity index (χ2v) is 1.79. The zero-order chi connectivity index (χ0) is 8.53. The quantitative estimate of drug-likeness (QED) is 0.666. The fraction of sp³-hybridized carbons (Fsp3) is 0.250. The van der Waals surface area contributed by atoms with Crippen LogP contribution in [0.4, 0.5) is 8.78 Å². The number of hydrogen-bond donors (Lipinski definition) is 1. The van der Waals surface area contributed by atoms with E-state index in [0.29, 0.717) is 6.54 Å². The number of hydrogen-bond acceptors (Lipinski definition) is 1. The Kier molecular flexibility index (Phi) is 6.53. The third-order valence-corrected chi connectivity index (χ3v) is 1.08. The van der Waals surface area contributed by atoms with Crippen molar-refractivity contribution in [3.63, 3.8) is 0 Å². The van der Waals surface area contributed by atoms with Gasteiger partial charge in [0, 0.05) is 6.54 Å². The summed E-state index contributed by atoms with van der Waals surface area (Å²) in [6.45, 7) is -1.11. The van der Waals surface area contributed by atoms with Crippen molar-refractivity contribution in [2.24, 2.45) is 5.73 Å². The van der Waals surface area contributed by atoms with E-state index in [2.05, 4.69) is 0 Å². The van der Waals surface area contributed by atoms with Crippen LogP contribution in [-0.4, -0.2) is 6.93 Å². The molecule has 0 aromatic heterocycles. The van der Waals surface area contributed by atoms with Gasteiger partial charge in [0.2, 0.25) is 6.93 Å². The summed E-state index contributed by atoms with van der Waals surface area (Å²) in [7, 11) is 0. The van der Waals surface area contributed by atoms with Gasteiger partial charge in [-0.15, -0.1) is 0 Å². The van der Waals surface area contributed by atoms with E-state index in [9.17, 15) is 8.78 Å². The second-order valence-electron chi connectivity index (χ2n) is 1.79. The molecule has 0 atom stereocenters. The molecule has 0 spiro atoms. The first-order valence-electron chi connectivity index (χ1n) is 3.21. The van der Waals surface area contributed by atoms with E-state index in [4.69, 9.17) is 5.73 Å². The van der Waals surface area contributed by atoms with E-state index < -0.39 is 6.93 Å². The fourth-order valence-corrected chi connectivity index (χ4v) is 0.614. The minimum atomic E-state index is -1.75. The minimum absolute atomic E-state index is 0.640. The van der Waals surface area contributed by atoms with Gasteiger partial charge in [-0.3, -0.25) is 0 Å². The second kappa shape index (κ2) is 7.15. The van der Waals surface area contributed by atoms with Gasteiger partial charge in [-0.2, -0.15) is 0 Å². The van der Waals surface area contributed by atoms with Crippen molar-refractivity contribution in [2.75, 3.05) is 6.93 Å². The van der Waals surface area contributed by atoms with Crippen molar-refractivity contribution in [3.05, 3.63) is 35.9 Å². The lowest BCUT2D eigenvalue weighted by Gasteiger charge is -1.90. The van der Waals surface area contributed by atoms with Gasteiger partial charge in [-0.1, -0.05) is 30.3 Å². The van der Waals surface area contributed by atoms with Gasteiger partial charge in [0.1, 0.15) is 0 Å². The summed E-state index contributed by atoms with van der Waals surface area (Å²) in [5.74, 6) is 0. The Morgan fingerprint density at radius 3 is 1.82 bits per heavy atom. The molecule has 0 bridgehead atoms. The molecule has 0 heterocycles. The van der Waals surface area contributed by atoms with Crippen LogP contribution in [0, 0.1) is 0 Å². The van der Waals surface area contributed by atoms with Crippen molar-refractivity contribution >= 4 is 0 Å². The van der Waals surface area contributed by atoms with Crippen molar-refractivity contribution in [1.82, 2.24) is 0 Å². The summed E-state index contributed by atoms with van der Waals surface area (Å²) >= 11 is 0. The first kappa shape index (κ1) is 10.0. The molecule has 0 radical (unpaired) electrons. The molecule has 0 saturated heterocycles. The van der Waals surface area contributed by atoms with Crippen LogP contribution in [0.25, 0.3) is 0 Å². The Labute approximate surface area is 64.8 Å². The van der Waals surface area contributed by atoms with Crippen LogP contribution >= 0.6 is 0 Å². The van der Waals surface area contributed by atoms with E-state index in [1.54, 1.807) is 0 Å². The van der Waals surface area contributed by atoms with Crippen LogP contribution < -0.4 is 5.73 Å². The third-order valence-electron chi connectivity index (χ3n) is 1.08. The Morgan fingerprint density at radius 1 is 1.09 bits per heavy atom. The van der Waals surface area contributed by atoms with Crippen molar-refractivity contribution < 1.29 is 8.78 Å². The van der Waals surface area contributed by atoms with Crippen LogP contribution in [0.2, 0.25) is 0 Å². The molecule has 3 heteroatoms. The summed E-state index contributed by atoms with van der Waals surface area (Å²) < 4.78 is 19.2. The minimum Gasteiger partial charge on any atom is -0.326 e. The largest absolute Gasteiger partial charge is 0.326 e. The summed E-state index contributed by atoms with van der Waals surface area (Å²) in [4.78, 5) is 0. The first-order chi connectivity index (χ1) is 5.35. The van der Waals surface area contributed by atoms with Gasteiger partial charge in [-0.05, 0) is 5.56 Å². The van der Waals surface area contributed by atoms with Gasteiger partial charge in [0.25, 0.3) is 0 Å². The van der Waals surface area contributed by atoms with Gasteiger partial charge < -0.3 is 5.73 Å². The van der Waals surface area contributed by atoms with Gasteiger partial charge in [0.15, 0.2) is 0 Å². The lowest BCUT2D eigenvalue weighted by atomic mass is 10.2. The molecule has 2 N–H and O–H groups in total. The maximum atomic E-state index is 9.62. The van der Waals surface area contributed by atoms with Gasteiger partial charge in [-0.25, -0.2) is 8.78 Å². The average molecular weight is 159 g/mol. The molecule has 62 valence electrons. The molecule has 0 aliphatic rings. The van der Waals surface area contributed by atoms with Gasteiger partial charge >= 0.3 is 0 Å². The number of benzene rings is 1. The maximum Gasteiger partial charge on any atom is 0.229 e.